The van der Waals surface area contributed by atoms with Gasteiger partial charge in [-0.05, 0) is 38.0 Å². The monoisotopic (exact) mass is 260 g/mol. The van der Waals surface area contributed by atoms with E-state index in [9.17, 15) is 4.79 Å². The van der Waals surface area contributed by atoms with Crippen molar-refractivity contribution in [3.05, 3.63) is 41.7 Å². The first-order valence-electron chi connectivity index (χ1n) is 6.02. The summed E-state index contributed by atoms with van der Waals surface area (Å²) in [5, 5.41) is 6.22. The predicted octanol–water partition coefficient (Wildman–Crippen LogP) is 2.70. The number of nitrogens with one attached hydrogen (secondary N) is 1. The molecule has 2 aromatic rings. The Morgan fingerprint density at radius 3 is 2.84 bits per heavy atom. The zero-order valence-electron chi connectivity index (χ0n) is 11.1. The first-order valence-corrected chi connectivity index (χ1v) is 6.02. The number of amides is 1. The molecule has 1 aromatic carbocycles. The third kappa shape index (κ3) is 3.13. The Morgan fingerprint density at radius 2 is 2.16 bits per heavy atom. The molecule has 0 aliphatic heterocycles. The van der Waals surface area contributed by atoms with Crippen molar-refractivity contribution in [3.63, 3.8) is 0 Å². The summed E-state index contributed by atoms with van der Waals surface area (Å²) in [5.41, 5.74) is 2.16. The maximum absolute atomic E-state index is 11.9. The van der Waals surface area contributed by atoms with Crippen LogP contribution in [0.4, 0.5) is 5.82 Å². The lowest BCUT2D eigenvalue weighted by Crippen LogP contribution is -2.30. The number of carbonyl (C=O) groups is 1. The number of hydrogen-bond acceptors (Lipinski definition) is 4. The third-order valence-electron chi connectivity index (χ3n) is 2.92. The molecule has 19 heavy (non-hydrogen) atoms. The number of aromatic nitrogens is 1. The molecule has 1 heterocycles. The Labute approximate surface area is 111 Å². The average Bonchev–Trinajstić information content (AvgIpc) is 2.87. The van der Waals surface area contributed by atoms with Gasteiger partial charge in [0.2, 0.25) is 0 Å². The van der Waals surface area contributed by atoms with Gasteiger partial charge in [0.05, 0.1) is 0 Å². The fraction of sp³-hybridized carbons (Fsp3) is 0.286. The Morgan fingerprint density at radius 1 is 1.37 bits per heavy atom. The van der Waals surface area contributed by atoms with E-state index in [1.54, 1.807) is 13.0 Å². The zero-order valence-corrected chi connectivity index (χ0v) is 11.1. The first kappa shape index (κ1) is 13.1. The van der Waals surface area contributed by atoms with E-state index in [1.807, 2.05) is 32.0 Å². The number of anilines is 1. The van der Waals surface area contributed by atoms with Crippen molar-refractivity contribution >= 4 is 11.7 Å². The second-order valence-electron chi connectivity index (χ2n) is 4.33. The fourth-order valence-corrected chi connectivity index (χ4v) is 1.60. The predicted molar refractivity (Wildman–Crippen MR) is 71.1 cm³/mol. The maximum Gasteiger partial charge on any atom is 0.266 e. The van der Waals surface area contributed by atoms with Gasteiger partial charge in [0, 0.05) is 6.07 Å². The minimum atomic E-state index is -0.614. The molecule has 1 amide bonds. The molecule has 5 nitrogen and oxygen atoms in total. The summed E-state index contributed by atoms with van der Waals surface area (Å²) in [5.74, 6) is 0.819. The molecule has 100 valence electrons. The molecule has 0 saturated carbocycles. The summed E-state index contributed by atoms with van der Waals surface area (Å²) < 4.78 is 10.3. The maximum atomic E-state index is 11.9. The normalized spacial score (nSPS) is 11.9. The second kappa shape index (κ2) is 5.56. The first-order chi connectivity index (χ1) is 9.08. The van der Waals surface area contributed by atoms with E-state index in [-0.39, 0.29) is 5.91 Å². The van der Waals surface area contributed by atoms with Gasteiger partial charge in [-0.15, -0.1) is 0 Å². The number of ether oxygens (including phenoxy) is 1. The topological polar surface area (TPSA) is 64.4 Å². The van der Waals surface area contributed by atoms with Crippen LogP contribution >= 0.6 is 0 Å². The van der Waals surface area contributed by atoms with Gasteiger partial charge in [-0.25, -0.2) is 0 Å². The van der Waals surface area contributed by atoms with Crippen LogP contribution in [0.15, 0.2) is 35.1 Å². The van der Waals surface area contributed by atoms with E-state index in [1.165, 1.54) is 6.26 Å². The summed E-state index contributed by atoms with van der Waals surface area (Å²) in [6.07, 6.45) is 0.781. The van der Waals surface area contributed by atoms with Gasteiger partial charge in [0.25, 0.3) is 5.91 Å². The number of hydrogen-bond donors (Lipinski definition) is 1. The number of benzene rings is 1. The van der Waals surface area contributed by atoms with Gasteiger partial charge in [-0.2, -0.15) is 0 Å². The van der Waals surface area contributed by atoms with Crippen LogP contribution in [0.2, 0.25) is 0 Å². The lowest BCUT2D eigenvalue weighted by molar-refractivity contribution is -0.122. The van der Waals surface area contributed by atoms with Crippen LogP contribution in [0.25, 0.3) is 0 Å². The number of rotatable bonds is 4. The number of carbonyl (C=O) groups excluding carboxylic acids is 1. The van der Waals surface area contributed by atoms with E-state index in [4.69, 9.17) is 4.74 Å². The summed E-state index contributed by atoms with van der Waals surface area (Å²) in [7, 11) is 0. The molecule has 1 unspecified atom stereocenters. The van der Waals surface area contributed by atoms with E-state index in [2.05, 4.69) is 15.0 Å². The van der Waals surface area contributed by atoms with Crippen molar-refractivity contribution in [2.75, 3.05) is 5.32 Å². The molecule has 0 fully saturated rings. The largest absolute Gasteiger partial charge is 0.481 e. The van der Waals surface area contributed by atoms with Crippen LogP contribution in [0, 0.1) is 13.8 Å². The summed E-state index contributed by atoms with van der Waals surface area (Å²) >= 11 is 0. The molecule has 1 atom stereocenters. The van der Waals surface area contributed by atoms with Crippen molar-refractivity contribution in [3.8, 4) is 5.75 Å². The summed E-state index contributed by atoms with van der Waals surface area (Å²) in [6.45, 7) is 5.66. The molecule has 2 rings (SSSR count). The van der Waals surface area contributed by atoms with Crippen LogP contribution < -0.4 is 10.1 Å². The molecule has 0 aliphatic carbocycles. The highest BCUT2D eigenvalue weighted by molar-refractivity contribution is 5.93. The van der Waals surface area contributed by atoms with Crippen molar-refractivity contribution < 1.29 is 14.1 Å². The molecule has 0 bridgehead atoms. The highest BCUT2D eigenvalue weighted by Crippen LogP contribution is 2.21. The lowest BCUT2D eigenvalue weighted by atomic mass is 10.1. The summed E-state index contributed by atoms with van der Waals surface area (Å²) in [6, 6.07) is 7.33. The van der Waals surface area contributed by atoms with Crippen molar-refractivity contribution in [1.29, 1.82) is 0 Å². The number of nitrogens with zero attached hydrogens (tertiary/aromatic N) is 1. The fourth-order valence-electron chi connectivity index (χ4n) is 1.60. The van der Waals surface area contributed by atoms with Crippen LogP contribution in [0.1, 0.15) is 18.1 Å². The Kier molecular flexibility index (Phi) is 3.85. The average molecular weight is 260 g/mol. The molecule has 0 spiro atoms. The second-order valence-corrected chi connectivity index (χ2v) is 4.33. The van der Waals surface area contributed by atoms with Crippen molar-refractivity contribution in [2.24, 2.45) is 0 Å². The molecule has 1 N–H and O–H groups in total. The third-order valence-corrected chi connectivity index (χ3v) is 2.92. The zero-order chi connectivity index (χ0) is 13.8. The van der Waals surface area contributed by atoms with E-state index >= 15 is 0 Å². The lowest BCUT2D eigenvalue weighted by Gasteiger charge is -2.16. The van der Waals surface area contributed by atoms with E-state index in [0.29, 0.717) is 11.6 Å². The SMILES string of the molecule is Cc1cccc(OC(C)C(=O)Nc2ccon2)c1C. The molecule has 0 aliphatic rings. The standard InChI is InChI=1S/C14H16N2O3/c1-9-5-4-6-12(10(9)2)19-11(3)14(17)15-13-7-8-18-16-13/h4-8,11H,1-3H3,(H,15,16,17). The molecule has 0 saturated heterocycles. The van der Waals surface area contributed by atoms with Gasteiger partial charge in [0.1, 0.15) is 12.0 Å². The van der Waals surface area contributed by atoms with Crippen LogP contribution in [0.3, 0.4) is 0 Å². The quantitative estimate of drug-likeness (QED) is 0.918. The Balaban J connectivity index is 2.02. The van der Waals surface area contributed by atoms with E-state index < -0.39 is 6.10 Å². The van der Waals surface area contributed by atoms with Crippen LogP contribution in [-0.2, 0) is 4.79 Å². The van der Waals surface area contributed by atoms with Crippen LogP contribution in [-0.4, -0.2) is 17.2 Å². The van der Waals surface area contributed by atoms with Gasteiger partial charge < -0.3 is 14.6 Å². The smallest absolute Gasteiger partial charge is 0.266 e. The highest BCUT2D eigenvalue weighted by atomic mass is 16.5. The minimum Gasteiger partial charge on any atom is -0.481 e. The number of aryl methyl sites for hydroxylation is 1. The van der Waals surface area contributed by atoms with Crippen LogP contribution in [0.5, 0.6) is 5.75 Å². The highest BCUT2D eigenvalue weighted by Gasteiger charge is 2.17. The van der Waals surface area contributed by atoms with Gasteiger partial charge >= 0.3 is 0 Å². The molecule has 1 aromatic heterocycles. The van der Waals surface area contributed by atoms with Gasteiger partial charge in [0.15, 0.2) is 11.9 Å². The van der Waals surface area contributed by atoms with Crippen molar-refractivity contribution in [1.82, 2.24) is 5.16 Å². The molecule has 5 heteroatoms. The summed E-state index contributed by atoms with van der Waals surface area (Å²) in [4.78, 5) is 11.9. The molecular formula is C14H16N2O3. The van der Waals surface area contributed by atoms with Crippen molar-refractivity contribution in [2.45, 2.75) is 26.9 Å². The molecule has 0 radical (unpaired) electrons. The molecular weight excluding hydrogens is 244 g/mol. The van der Waals surface area contributed by atoms with Gasteiger partial charge in [-0.1, -0.05) is 17.3 Å². The van der Waals surface area contributed by atoms with Gasteiger partial charge in [-0.3, -0.25) is 4.79 Å². The van der Waals surface area contributed by atoms with E-state index in [0.717, 1.165) is 11.1 Å². The Bertz CT molecular complexity index is 564. The Hall–Kier alpha value is -2.30. The minimum absolute atomic E-state index is 0.269.